The fourth-order valence-corrected chi connectivity index (χ4v) is 2.78. The third-order valence-corrected chi connectivity index (χ3v) is 4.13. The molecule has 0 saturated carbocycles. The first kappa shape index (κ1) is 16.1. The molecule has 2 aromatic rings. The van der Waals surface area contributed by atoms with Crippen LogP contribution in [0.25, 0.3) is 6.08 Å². The van der Waals surface area contributed by atoms with Gasteiger partial charge in [0.05, 0.1) is 5.71 Å². The molecule has 3 rings (SSSR count). The lowest BCUT2D eigenvalue weighted by molar-refractivity contribution is 0.160. The van der Waals surface area contributed by atoms with Gasteiger partial charge in [0.15, 0.2) is 0 Å². The summed E-state index contributed by atoms with van der Waals surface area (Å²) in [5, 5.41) is 15.4. The van der Waals surface area contributed by atoms with E-state index < -0.39 is 6.09 Å². The Hall–Kier alpha value is -2.79. The van der Waals surface area contributed by atoms with Gasteiger partial charge in [-0.1, -0.05) is 23.7 Å². The molecule has 122 valence electrons. The zero-order valence-electron chi connectivity index (χ0n) is 13.2. The summed E-state index contributed by atoms with van der Waals surface area (Å²) in [5.41, 5.74) is 10.9. The van der Waals surface area contributed by atoms with Gasteiger partial charge in [0.2, 0.25) is 0 Å². The maximum Gasteiger partial charge on any atom is 0.432 e. The lowest BCUT2D eigenvalue weighted by atomic mass is 9.96. The Morgan fingerprint density at radius 1 is 1.21 bits per heavy atom. The molecule has 1 aliphatic heterocycles. The fourth-order valence-electron chi connectivity index (χ4n) is 2.61. The summed E-state index contributed by atoms with van der Waals surface area (Å²) in [6.45, 7) is 3.60. The van der Waals surface area contributed by atoms with E-state index in [0.717, 1.165) is 27.3 Å². The monoisotopic (exact) mass is 341 g/mol. The number of amides is 1. The zero-order valence-corrected chi connectivity index (χ0v) is 14.0. The average Bonchev–Trinajstić information content (AvgIpc) is 2.66. The number of carbonyl (C=O) groups is 1. The van der Waals surface area contributed by atoms with Gasteiger partial charge in [-0.3, -0.25) is 0 Å². The number of halogens is 1. The van der Waals surface area contributed by atoms with Crippen molar-refractivity contribution in [2.45, 2.75) is 13.8 Å². The number of fused-ring (bicyclic) bond motifs is 1. The van der Waals surface area contributed by atoms with Crippen LogP contribution in [0.3, 0.4) is 0 Å². The minimum atomic E-state index is -1.15. The van der Waals surface area contributed by atoms with E-state index in [1.54, 1.807) is 31.2 Å². The SMILES string of the molecule is CC1=Cc2ccc(Cl)cc2C(c2ccc(N)c(C)c2)=NN1C(=O)O. The van der Waals surface area contributed by atoms with Crippen molar-refractivity contribution < 1.29 is 9.90 Å². The summed E-state index contributed by atoms with van der Waals surface area (Å²) >= 11 is 6.15. The molecule has 1 amide bonds. The Morgan fingerprint density at radius 3 is 2.62 bits per heavy atom. The standard InChI is InChI=1S/C18H16ClN3O2/c1-10-7-13(4-6-16(10)20)17-15-9-14(19)5-3-12(15)8-11(2)22(21-17)18(23)24/h3-9H,20H2,1-2H3,(H,23,24). The number of aryl methyl sites for hydroxylation is 1. The van der Waals surface area contributed by atoms with Crippen LogP contribution in [0.1, 0.15) is 29.2 Å². The summed E-state index contributed by atoms with van der Waals surface area (Å²) in [6, 6.07) is 10.9. The van der Waals surface area contributed by atoms with Crippen molar-refractivity contribution in [2.24, 2.45) is 5.10 Å². The number of nitrogens with zero attached hydrogens (tertiary/aromatic N) is 2. The molecular formula is C18H16ClN3O2. The van der Waals surface area contributed by atoms with E-state index in [9.17, 15) is 9.90 Å². The molecule has 0 aromatic heterocycles. The molecule has 1 heterocycles. The molecule has 0 aliphatic carbocycles. The van der Waals surface area contributed by atoms with E-state index in [4.69, 9.17) is 17.3 Å². The van der Waals surface area contributed by atoms with E-state index >= 15 is 0 Å². The van der Waals surface area contributed by atoms with Crippen molar-refractivity contribution in [3.8, 4) is 0 Å². The zero-order chi connectivity index (χ0) is 17.4. The molecule has 0 saturated heterocycles. The fraction of sp³-hybridized carbons (Fsp3) is 0.111. The van der Waals surface area contributed by atoms with Gasteiger partial charge in [-0.05, 0) is 55.3 Å². The van der Waals surface area contributed by atoms with E-state index in [-0.39, 0.29) is 0 Å². The third kappa shape index (κ3) is 2.86. The van der Waals surface area contributed by atoms with E-state index in [2.05, 4.69) is 5.10 Å². The number of anilines is 1. The highest BCUT2D eigenvalue weighted by Crippen LogP contribution is 2.28. The third-order valence-electron chi connectivity index (χ3n) is 3.89. The molecule has 0 radical (unpaired) electrons. The number of rotatable bonds is 1. The minimum absolute atomic E-state index is 0.508. The molecule has 0 fully saturated rings. The first-order chi connectivity index (χ1) is 11.4. The molecule has 5 nitrogen and oxygen atoms in total. The van der Waals surface area contributed by atoms with Gasteiger partial charge in [-0.15, -0.1) is 0 Å². The number of hydrogen-bond acceptors (Lipinski definition) is 3. The second-order valence-electron chi connectivity index (χ2n) is 5.63. The summed E-state index contributed by atoms with van der Waals surface area (Å²) in [5.74, 6) is 0. The Bertz CT molecular complexity index is 903. The summed E-state index contributed by atoms with van der Waals surface area (Å²) in [6.07, 6.45) is 0.632. The van der Waals surface area contributed by atoms with Crippen LogP contribution in [-0.4, -0.2) is 21.9 Å². The number of carboxylic acid groups (broad SMARTS) is 1. The maximum absolute atomic E-state index is 11.6. The normalized spacial score (nSPS) is 13.7. The van der Waals surface area contributed by atoms with Crippen molar-refractivity contribution >= 4 is 35.2 Å². The molecule has 1 aliphatic rings. The Morgan fingerprint density at radius 2 is 1.96 bits per heavy atom. The first-order valence-electron chi connectivity index (χ1n) is 7.33. The summed E-state index contributed by atoms with van der Waals surface area (Å²) < 4.78 is 0. The molecule has 3 N–H and O–H groups in total. The van der Waals surface area contributed by atoms with Gasteiger partial charge < -0.3 is 10.8 Å². The van der Waals surface area contributed by atoms with E-state index in [1.165, 1.54) is 0 Å². The van der Waals surface area contributed by atoms with Crippen molar-refractivity contribution in [2.75, 3.05) is 5.73 Å². The Labute approximate surface area is 144 Å². The molecule has 0 atom stereocenters. The number of nitrogens with two attached hydrogens (primary N) is 1. The van der Waals surface area contributed by atoms with Crippen molar-refractivity contribution in [3.63, 3.8) is 0 Å². The lowest BCUT2D eigenvalue weighted by Crippen LogP contribution is -2.23. The molecule has 24 heavy (non-hydrogen) atoms. The molecule has 0 unspecified atom stereocenters. The van der Waals surface area contributed by atoms with Gasteiger partial charge in [-0.25, -0.2) is 4.79 Å². The van der Waals surface area contributed by atoms with Crippen molar-refractivity contribution in [1.29, 1.82) is 0 Å². The number of allylic oxidation sites excluding steroid dienone is 1. The predicted molar refractivity (Wildman–Crippen MR) is 96.2 cm³/mol. The smallest absolute Gasteiger partial charge is 0.432 e. The lowest BCUT2D eigenvalue weighted by Gasteiger charge is -2.15. The quantitative estimate of drug-likeness (QED) is 0.757. The van der Waals surface area contributed by atoms with Gasteiger partial charge in [0.25, 0.3) is 0 Å². The van der Waals surface area contributed by atoms with Crippen LogP contribution >= 0.6 is 11.6 Å². The molecule has 0 bridgehead atoms. The van der Waals surface area contributed by atoms with E-state index in [1.807, 2.05) is 25.1 Å². The van der Waals surface area contributed by atoms with Crippen LogP contribution in [0.5, 0.6) is 0 Å². The van der Waals surface area contributed by atoms with Gasteiger partial charge in [0, 0.05) is 27.5 Å². The van der Waals surface area contributed by atoms with Crippen LogP contribution in [-0.2, 0) is 0 Å². The summed E-state index contributed by atoms with van der Waals surface area (Å²) in [7, 11) is 0. The number of hydrogen-bond donors (Lipinski definition) is 2. The highest BCUT2D eigenvalue weighted by atomic mass is 35.5. The molecule has 0 spiro atoms. The Balaban J connectivity index is 2.28. The van der Waals surface area contributed by atoms with Crippen LogP contribution in [0, 0.1) is 6.92 Å². The van der Waals surface area contributed by atoms with Crippen LogP contribution < -0.4 is 5.73 Å². The predicted octanol–water partition coefficient (Wildman–Crippen LogP) is 4.34. The van der Waals surface area contributed by atoms with Crippen LogP contribution in [0.15, 0.2) is 47.2 Å². The second-order valence-corrected chi connectivity index (χ2v) is 6.07. The molecule has 2 aromatic carbocycles. The molecular weight excluding hydrogens is 326 g/mol. The van der Waals surface area contributed by atoms with Gasteiger partial charge in [0.1, 0.15) is 0 Å². The highest BCUT2D eigenvalue weighted by molar-refractivity contribution is 6.31. The van der Waals surface area contributed by atoms with Crippen molar-refractivity contribution in [3.05, 3.63) is 69.4 Å². The average molecular weight is 342 g/mol. The molecule has 6 heteroatoms. The number of hydrazone groups is 1. The van der Waals surface area contributed by atoms with Crippen LogP contribution in [0.2, 0.25) is 5.02 Å². The minimum Gasteiger partial charge on any atom is -0.463 e. The van der Waals surface area contributed by atoms with E-state index in [0.29, 0.717) is 22.1 Å². The maximum atomic E-state index is 11.6. The van der Waals surface area contributed by atoms with Gasteiger partial charge >= 0.3 is 6.09 Å². The topological polar surface area (TPSA) is 78.9 Å². The van der Waals surface area contributed by atoms with Gasteiger partial charge in [-0.2, -0.15) is 10.1 Å². The first-order valence-corrected chi connectivity index (χ1v) is 7.71. The Kier molecular flexibility index (Phi) is 4.03. The number of benzene rings is 2. The second kappa shape index (κ2) is 6.02. The highest BCUT2D eigenvalue weighted by Gasteiger charge is 2.22. The number of nitrogen functional groups attached to an aromatic ring is 1. The van der Waals surface area contributed by atoms with Crippen LogP contribution in [0.4, 0.5) is 10.5 Å². The largest absolute Gasteiger partial charge is 0.463 e. The summed E-state index contributed by atoms with van der Waals surface area (Å²) in [4.78, 5) is 11.6. The van der Waals surface area contributed by atoms with Crippen molar-refractivity contribution in [1.82, 2.24) is 5.01 Å².